The van der Waals surface area contributed by atoms with Gasteiger partial charge in [0, 0.05) is 0 Å². The SMILES string of the molecule is N#Cc1ccc(Oc2ccc(C#N)nc2)cc1. The van der Waals surface area contributed by atoms with Crippen molar-refractivity contribution >= 4 is 0 Å². The number of rotatable bonds is 2. The van der Waals surface area contributed by atoms with Crippen molar-refractivity contribution in [1.29, 1.82) is 10.5 Å². The van der Waals surface area contributed by atoms with Crippen molar-refractivity contribution in [3.05, 3.63) is 53.9 Å². The van der Waals surface area contributed by atoms with E-state index in [0.717, 1.165) is 0 Å². The highest BCUT2D eigenvalue weighted by atomic mass is 16.5. The molecule has 2 aromatic rings. The molecule has 1 aromatic heterocycles. The van der Waals surface area contributed by atoms with Gasteiger partial charge >= 0.3 is 0 Å². The van der Waals surface area contributed by atoms with Crippen LogP contribution >= 0.6 is 0 Å². The van der Waals surface area contributed by atoms with E-state index in [9.17, 15) is 0 Å². The molecule has 0 bridgehead atoms. The lowest BCUT2D eigenvalue weighted by Gasteiger charge is -2.04. The molecule has 0 radical (unpaired) electrons. The van der Waals surface area contributed by atoms with E-state index in [1.165, 1.54) is 6.20 Å². The van der Waals surface area contributed by atoms with Gasteiger partial charge in [0.25, 0.3) is 0 Å². The average molecular weight is 221 g/mol. The van der Waals surface area contributed by atoms with Gasteiger partial charge in [0.05, 0.1) is 17.8 Å². The lowest BCUT2D eigenvalue weighted by molar-refractivity contribution is 0.480. The van der Waals surface area contributed by atoms with Crippen molar-refractivity contribution in [3.63, 3.8) is 0 Å². The van der Waals surface area contributed by atoms with Crippen LogP contribution in [-0.2, 0) is 0 Å². The van der Waals surface area contributed by atoms with E-state index in [1.807, 2.05) is 12.1 Å². The molecule has 0 aliphatic carbocycles. The summed E-state index contributed by atoms with van der Waals surface area (Å²) in [7, 11) is 0. The summed E-state index contributed by atoms with van der Waals surface area (Å²) in [5, 5.41) is 17.2. The van der Waals surface area contributed by atoms with Crippen LogP contribution in [0.4, 0.5) is 0 Å². The molecule has 0 spiro atoms. The summed E-state index contributed by atoms with van der Waals surface area (Å²) in [4.78, 5) is 3.89. The molecule has 0 amide bonds. The molecule has 1 heterocycles. The maximum Gasteiger partial charge on any atom is 0.145 e. The lowest BCUT2D eigenvalue weighted by Crippen LogP contribution is -1.87. The van der Waals surface area contributed by atoms with Gasteiger partial charge in [0.15, 0.2) is 0 Å². The smallest absolute Gasteiger partial charge is 0.145 e. The van der Waals surface area contributed by atoms with Crippen molar-refractivity contribution in [2.45, 2.75) is 0 Å². The van der Waals surface area contributed by atoms with Gasteiger partial charge in [-0.25, -0.2) is 4.98 Å². The molecule has 0 aliphatic rings. The summed E-state index contributed by atoms with van der Waals surface area (Å²) >= 11 is 0. The van der Waals surface area contributed by atoms with Gasteiger partial charge in [0.2, 0.25) is 0 Å². The first-order chi connectivity index (χ1) is 8.31. The quantitative estimate of drug-likeness (QED) is 0.781. The molecule has 0 aliphatic heterocycles. The van der Waals surface area contributed by atoms with Crippen LogP contribution in [0.5, 0.6) is 11.5 Å². The normalized spacial score (nSPS) is 9.06. The number of pyridine rings is 1. The van der Waals surface area contributed by atoms with Crippen LogP contribution in [0.15, 0.2) is 42.6 Å². The number of benzene rings is 1. The van der Waals surface area contributed by atoms with Gasteiger partial charge in [-0.1, -0.05) is 0 Å². The Labute approximate surface area is 98.3 Å². The summed E-state index contributed by atoms with van der Waals surface area (Å²) in [6.45, 7) is 0. The van der Waals surface area contributed by atoms with Gasteiger partial charge in [-0.05, 0) is 36.4 Å². The summed E-state index contributed by atoms with van der Waals surface area (Å²) < 4.78 is 5.50. The molecule has 1 aromatic carbocycles. The Morgan fingerprint density at radius 1 is 0.882 bits per heavy atom. The minimum Gasteiger partial charge on any atom is -0.456 e. The lowest BCUT2D eigenvalue weighted by atomic mass is 10.2. The number of ether oxygens (including phenoxy) is 1. The van der Waals surface area contributed by atoms with E-state index in [2.05, 4.69) is 4.98 Å². The molecule has 17 heavy (non-hydrogen) atoms. The van der Waals surface area contributed by atoms with E-state index in [1.54, 1.807) is 36.4 Å². The summed E-state index contributed by atoms with van der Waals surface area (Å²) in [6, 6.07) is 14.0. The van der Waals surface area contributed by atoms with Crippen molar-refractivity contribution in [2.24, 2.45) is 0 Å². The van der Waals surface area contributed by atoms with Gasteiger partial charge in [0.1, 0.15) is 23.3 Å². The standard InChI is InChI=1S/C13H7N3O/c14-7-10-1-4-12(5-2-10)17-13-6-3-11(8-15)16-9-13/h1-6,9H. The molecular weight excluding hydrogens is 214 g/mol. The fraction of sp³-hybridized carbons (Fsp3) is 0. The molecule has 0 unspecified atom stereocenters. The van der Waals surface area contributed by atoms with Crippen LogP contribution in [0, 0.1) is 22.7 Å². The fourth-order valence-electron chi connectivity index (χ4n) is 1.24. The Bertz CT molecular complexity index is 533. The Morgan fingerprint density at radius 3 is 2.12 bits per heavy atom. The molecule has 0 fully saturated rings. The summed E-state index contributed by atoms with van der Waals surface area (Å²) in [6.07, 6.45) is 1.48. The van der Waals surface area contributed by atoms with Crippen molar-refractivity contribution in [2.75, 3.05) is 0 Å². The van der Waals surface area contributed by atoms with Crippen LogP contribution in [0.25, 0.3) is 0 Å². The topological polar surface area (TPSA) is 69.7 Å². The van der Waals surface area contributed by atoms with Crippen LogP contribution in [0.2, 0.25) is 0 Å². The highest BCUT2D eigenvalue weighted by Gasteiger charge is 1.98. The third-order valence-electron chi connectivity index (χ3n) is 2.07. The highest BCUT2D eigenvalue weighted by molar-refractivity contribution is 5.37. The predicted octanol–water partition coefficient (Wildman–Crippen LogP) is 2.62. The fourth-order valence-corrected chi connectivity index (χ4v) is 1.24. The summed E-state index contributed by atoms with van der Waals surface area (Å²) in [5.41, 5.74) is 0.924. The second-order valence-corrected chi connectivity index (χ2v) is 3.23. The Morgan fingerprint density at radius 2 is 1.59 bits per heavy atom. The molecule has 80 valence electrons. The molecule has 4 heteroatoms. The average Bonchev–Trinajstić information content (AvgIpc) is 2.40. The number of hydrogen-bond donors (Lipinski definition) is 0. The van der Waals surface area contributed by atoms with E-state index < -0.39 is 0 Å². The van der Waals surface area contributed by atoms with Crippen LogP contribution in [0.3, 0.4) is 0 Å². The largest absolute Gasteiger partial charge is 0.456 e. The zero-order valence-electron chi connectivity index (χ0n) is 8.79. The summed E-state index contributed by atoms with van der Waals surface area (Å²) in [5.74, 6) is 1.17. The van der Waals surface area contributed by atoms with Crippen LogP contribution < -0.4 is 4.74 Å². The van der Waals surface area contributed by atoms with E-state index in [0.29, 0.717) is 22.8 Å². The molecule has 4 nitrogen and oxygen atoms in total. The number of hydrogen-bond acceptors (Lipinski definition) is 4. The minimum atomic E-state index is 0.345. The van der Waals surface area contributed by atoms with Crippen molar-refractivity contribution in [3.8, 4) is 23.6 Å². The predicted molar refractivity (Wildman–Crippen MR) is 60.2 cm³/mol. The van der Waals surface area contributed by atoms with Crippen molar-refractivity contribution < 1.29 is 4.74 Å². The number of nitrogens with zero attached hydrogens (tertiary/aromatic N) is 3. The molecule has 0 atom stereocenters. The highest BCUT2D eigenvalue weighted by Crippen LogP contribution is 2.20. The number of aromatic nitrogens is 1. The third kappa shape index (κ3) is 2.58. The Balaban J connectivity index is 2.14. The maximum absolute atomic E-state index is 8.64. The monoisotopic (exact) mass is 221 g/mol. The van der Waals surface area contributed by atoms with Gasteiger partial charge in [-0.2, -0.15) is 10.5 Å². The van der Waals surface area contributed by atoms with Crippen LogP contribution in [0.1, 0.15) is 11.3 Å². The Hall–Kier alpha value is -2.85. The molecular formula is C13H7N3O. The first-order valence-electron chi connectivity index (χ1n) is 4.86. The number of nitriles is 2. The molecule has 0 N–H and O–H groups in total. The second-order valence-electron chi connectivity index (χ2n) is 3.23. The zero-order chi connectivity index (χ0) is 12.1. The van der Waals surface area contributed by atoms with E-state index in [-0.39, 0.29) is 0 Å². The molecule has 2 rings (SSSR count). The zero-order valence-corrected chi connectivity index (χ0v) is 8.79. The first kappa shape index (κ1) is 10.7. The van der Waals surface area contributed by atoms with Gasteiger partial charge < -0.3 is 4.74 Å². The molecule has 0 saturated carbocycles. The van der Waals surface area contributed by atoms with Crippen LogP contribution in [-0.4, -0.2) is 4.98 Å². The van der Waals surface area contributed by atoms with E-state index in [4.69, 9.17) is 15.3 Å². The maximum atomic E-state index is 8.64. The second kappa shape index (κ2) is 4.78. The Kier molecular flexibility index (Phi) is 3.00. The molecule has 0 saturated heterocycles. The van der Waals surface area contributed by atoms with Gasteiger partial charge in [-0.3, -0.25) is 0 Å². The van der Waals surface area contributed by atoms with Crippen molar-refractivity contribution in [1.82, 2.24) is 4.98 Å². The minimum absolute atomic E-state index is 0.345. The van der Waals surface area contributed by atoms with Gasteiger partial charge in [-0.15, -0.1) is 0 Å². The first-order valence-corrected chi connectivity index (χ1v) is 4.86. The van der Waals surface area contributed by atoms with E-state index >= 15 is 0 Å². The third-order valence-corrected chi connectivity index (χ3v) is 2.07.